The van der Waals surface area contributed by atoms with E-state index in [1.807, 2.05) is 5.48 Å². The minimum absolute atomic E-state index is 0.104. The quantitative estimate of drug-likeness (QED) is 0.399. The summed E-state index contributed by atoms with van der Waals surface area (Å²) >= 11 is 0. The fraction of sp³-hybridized carbons (Fsp3) is 0.300. The van der Waals surface area contributed by atoms with Gasteiger partial charge in [0.15, 0.2) is 5.71 Å². The maximum absolute atomic E-state index is 12.9. The molecule has 9 nitrogen and oxygen atoms in total. The molecule has 0 saturated carbocycles. The van der Waals surface area contributed by atoms with Crippen molar-refractivity contribution < 1.29 is 43.7 Å². The molecule has 0 saturated heterocycles. The molecule has 1 aromatic carbocycles. The van der Waals surface area contributed by atoms with Crippen molar-refractivity contribution in [2.45, 2.75) is 6.18 Å². The van der Waals surface area contributed by atoms with Crippen LogP contribution in [-0.2, 0) is 24.5 Å². The van der Waals surface area contributed by atoms with E-state index in [-0.39, 0.29) is 5.75 Å². The summed E-state index contributed by atoms with van der Waals surface area (Å²) in [5.74, 6) is -1.15. The third kappa shape index (κ3) is 7.58. The molecule has 0 bridgehead atoms. The van der Waals surface area contributed by atoms with Crippen LogP contribution in [0.4, 0.5) is 13.2 Å². The maximum Gasteiger partial charge on any atom is 0.437 e. The average Bonchev–Trinajstić information content (AvgIpc) is 2.36. The van der Waals surface area contributed by atoms with Gasteiger partial charge in [-0.1, -0.05) is 5.16 Å². The summed E-state index contributed by atoms with van der Waals surface area (Å²) in [7, 11) is -8.81. The third-order valence-electron chi connectivity index (χ3n) is 2.09. The van der Waals surface area contributed by atoms with Crippen LogP contribution in [0.3, 0.4) is 0 Å². The van der Waals surface area contributed by atoms with Crippen molar-refractivity contribution in [2.75, 3.05) is 12.1 Å². The van der Waals surface area contributed by atoms with E-state index in [1.54, 1.807) is 0 Å². The highest BCUT2D eigenvalue weighted by Gasteiger charge is 2.38. The Morgan fingerprint density at radius 3 is 2.17 bits per heavy atom. The summed E-state index contributed by atoms with van der Waals surface area (Å²) in [6.45, 7) is 0. The van der Waals surface area contributed by atoms with Crippen LogP contribution in [0.1, 0.15) is 5.56 Å². The Morgan fingerprint density at radius 2 is 1.75 bits per heavy atom. The first kappa shape index (κ1) is 20.1. The Balaban J connectivity index is 2.94. The molecule has 136 valence electrons. The molecule has 0 aliphatic rings. The molecular formula is C10H10F3N2O7S2-. The predicted molar refractivity (Wildman–Crippen MR) is 73.3 cm³/mol. The SMILES string of the molecule is CS(=O)(=O)O/N=C(/c1ccc(ONCS(=O)(=O)[O-])cc1)C(F)(F)F. The number of oxime groups is 1. The van der Waals surface area contributed by atoms with E-state index in [2.05, 4.69) is 14.3 Å². The normalized spacial score (nSPS) is 13.6. The average molecular weight is 391 g/mol. The summed E-state index contributed by atoms with van der Waals surface area (Å²) in [5, 5.41) is 2.59. The van der Waals surface area contributed by atoms with Crippen LogP contribution >= 0.6 is 0 Å². The second kappa shape index (κ2) is 7.33. The number of hydrogen-bond acceptors (Lipinski definition) is 9. The van der Waals surface area contributed by atoms with Crippen molar-refractivity contribution >= 4 is 25.9 Å². The van der Waals surface area contributed by atoms with Gasteiger partial charge in [0.05, 0.1) is 6.26 Å². The molecule has 0 aliphatic carbocycles. The first-order valence-corrected chi connectivity index (χ1v) is 9.15. The second-order valence-electron chi connectivity index (χ2n) is 4.19. The van der Waals surface area contributed by atoms with Crippen molar-refractivity contribution in [3.8, 4) is 5.75 Å². The van der Waals surface area contributed by atoms with Crippen LogP contribution in [0.25, 0.3) is 0 Å². The molecule has 1 N–H and O–H groups in total. The smallest absolute Gasteiger partial charge is 0.437 e. The van der Waals surface area contributed by atoms with E-state index < -0.39 is 43.6 Å². The zero-order valence-electron chi connectivity index (χ0n) is 11.8. The summed E-state index contributed by atoms with van der Waals surface area (Å²) in [6, 6.07) is 3.75. The lowest BCUT2D eigenvalue weighted by Gasteiger charge is -2.12. The van der Waals surface area contributed by atoms with Crippen LogP contribution in [0, 0.1) is 0 Å². The molecule has 14 heteroatoms. The van der Waals surface area contributed by atoms with E-state index >= 15 is 0 Å². The van der Waals surface area contributed by atoms with Gasteiger partial charge in [-0.05, 0) is 24.3 Å². The largest absolute Gasteiger partial charge is 0.747 e. The zero-order valence-corrected chi connectivity index (χ0v) is 13.4. The molecule has 0 fully saturated rings. The van der Waals surface area contributed by atoms with E-state index in [1.165, 1.54) is 0 Å². The van der Waals surface area contributed by atoms with Gasteiger partial charge in [-0.15, -0.1) is 5.48 Å². The Hall–Kier alpha value is -1.90. The summed E-state index contributed by atoms with van der Waals surface area (Å²) in [4.78, 5) is 4.64. The third-order valence-corrected chi connectivity index (χ3v) is 2.90. The molecule has 0 amide bonds. The fourth-order valence-electron chi connectivity index (χ4n) is 1.24. The number of hydroxylamine groups is 1. The van der Waals surface area contributed by atoms with Crippen molar-refractivity contribution in [3.05, 3.63) is 29.8 Å². The van der Waals surface area contributed by atoms with Gasteiger partial charge < -0.3 is 9.39 Å². The zero-order chi connectivity index (χ0) is 18.6. The molecule has 24 heavy (non-hydrogen) atoms. The number of hydrogen-bond donors (Lipinski definition) is 1. The number of rotatable bonds is 7. The second-order valence-corrected chi connectivity index (χ2v) is 7.15. The molecule has 0 aromatic heterocycles. The Labute approximate surface area is 134 Å². The Kier molecular flexibility index (Phi) is 6.15. The van der Waals surface area contributed by atoms with Crippen LogP contribution < -0.4 is 10.3 Å². The van der Waals surface area contributed by atoms with Gasteiger partial charge in [-0.25, -0.2) is 8.42 Å². The molecule has 0 heterocycles. The molecule has 0 unspecified atom stereocenters. The fourth-order valence-corrected chi connectivity index (χ4v) is 1.65. The highest BCUT2D eigenvalue weighted by Crippen LogP contribution is 2.24. The molecule has 0 radical (unpaired) electrons. The van der Waals surface area contributed by atoms with Crippen LogP contribution in [0.5, 0.6) is 5.75 Å². The first-order chi connectivity index (χ1) is 10.8. The summed E-state index contributed by atoms with van der Waals surface area (Å²) in [6.07, 6.45) is -4.47. The first-order valence-electron chi connectivity index (χ1n) is 5.75. The van der Waals surface area contributed by atoms with Gasteiger partial charge in [0.2, 0.25) is 0 Å². The van der Waals surface area contributed by atoms with Gasteiger partial charge in [0.1, 0.15) is 21.7 Å². The van der Waals surface area contributed by atoms with Crippen LogP contribution in [0.15, 0.2) is 29.4 Å². The van der Waals surface area contributed by atoms with E-state index in [9.17, 15) is 34.6 Å². The molecular weight excluding hydrogens is 381 g/mol. The lowest BCUT2D eigenvalue weighted by Crippen LogP contribution is -2.26. The number of nitrogens with one attached hydrogen (secondary N) is 1. The lowest BCUT2D eigenvalue weighted by molar-refractivity contribution is -0.0597. The van der Waals surface area contributed by atoms with E-state index in [4.69, 9.17) is 0 Å². The van der Waals surface area contributed by atoms with Gasteiger partial charge in [0.25, 0.3) is 0 Å². The Morgan fingerprint density at radius 1 is 1.21 bits per heavy atom. The van der Waals surface area contributed by atoms with Gasteiger partial charge in [0, 0.05) is 5.56 Å². The number of benzene rings is 1. The Bertz CT molecular complexity index is 802. The molecule has 1 aromatic rings. The molecule has 0 atom stereocenters. The highest BCUT2D eigenvalue weighted by molar-refractivity contribution is 7.86. The van der Waals surface area contributed by atoms with E-state index in [0.29, 0.717) is 6.26 Å². The lowest BCUT2D eigenvalue weighted by atomic mass is 10.1. The van der Waals surface area contributed by atoms with Crippen LogP contribution in [-0.4, -0.2) is 45.4 Å². The summed E-state index contributed by atoms with van der Waals surface area (Å²) < 4.78 is 94.9. The maximum atomic E-state index is 12.9. The topological polar surface area (TPSA) is 134 Å². The molecule has 0 spiro atoms. The molecule has 0 aliphatic heterocycles. The number of alkyl halides is 3. The predicted octanol–water partition coefficient (Wildman–Crippen LogP) is 0.315. The molecule has 1 rings (SSSR count). The minimum atomic E-state index is -5.00. The van der Waals surface area contributed by atoms with Gasteiger partial charge in [-0.3, -0.25) is 4.28 Å². The number of halogens is 3. The van der Waals surface area contributed by atoms with E-state index in [0.717, 1.165) is 24.3 Å². The van der Waals surface area contributed by atoms with Gasteiger partial charge >= 0.3 is 16.3 Å². The highest BCUT2D eigenvalue weighted by atomic mass is 32.2. The minimum Gasteiger partial charge on any atom is -0.747 e. The van der Waals surface area contributed by atoms with Gasteiger partial charge in [-0.2, -0.15) is 21.6 Å². The van der Waals surface area contributed by atoms with Crippen molar-refractivity contribution in [1.82, 2.24) is 5.48 Å². The van der Waals surface area contributed by atoms with Crippen molar-refractivity contribution in [1.29, 1.82) is 0 Å². The monoisotopic (exact) mass is 391 g/mol. The van der Waals surface area contributed by atoms with Crippen molar-refractivity contribution in [2.24, 2.45) is 5.16 Å². The van der Waals surface area contributed by atoms with Crippen LogP contribution in [0.2, 0.25) is 0 Å². The van der Waals surface area contributed by atoms with Crippen molar-refractivity contribution in [3.63, 3.8) is 0 Å². The number of nitrogens with zero attached hydrogens (tertiary/aromatic N) is 1. The summed E-state index contributed by atoms with van der Waals surface area (Å²) in [5.41, 5.74) is -0.326. The standard InChI is InChI=1S/C10H11F3N2O7S2/c1-23(16,17)22-15-9(10(11,12)13)7-2-4-8(5-3-7)21-14-6-24(18,19)20/h2-5,14H,6H2,1H3,(H,18,19,20)/p-1/b15-9-.